The van der Waals surface area contributed by atoms with Crippen LogP contribution in [-0.2, 0) is 6.42 Å². The predicted molar refractivity (Wildman–Crippen MR) is 57.2 cm³/mol. The molecule has 0 amide bonds. The maximum absolute atomic E-state index is 5.50. The van der Waals surface area contributed by atoms with Crippen molar-refractivity contribution in [3.63, 3.8) is 0 Å². The Kier molecular flexibility index (Phi) is 2.64. The number of rotatable bonds is 2. The fourth-order valence-corrected chi connectivity index (χ4v) is 2.26. The third kappa shape index (κ3) is 1.85. The first-order valence-corrected chi connectivity index (χ1v) is 5.49. The molecule has 0 spiro atoms. The van der Waals surface area contributed by atoms with Crippen molar-refractivity contribution in [1.29, 1.82) is 0 Å². The summed E-state index contributed by atoms with van der Waals surface area (Å²) >= 11 is 0. The van der Waals surface area contributed by atoms with E-state index >= 15 is 0 Å². The second-order valence-corrected chi connectivity index (χ2v) is 4.75. The van der Waals surface area contributed by atoms with E-state index in [0.717, 1.165) is 12.3 Å². The molecule has 1 aliphatic heterocycles. The van der Waals surface area contributed by atoms with Crippen LogP contribution < -0.4 is 5.32 Å². The molecule has 0 saturated heterocycles. The lowest BCUT2D eigenvalue weighted by molar-refractivity contribution is 0.339. The summed E-state index contributed by atoms with van der Waals surface area (Å²) in [6.45, 7) is 6.75. The van der Waals surface area contributed by atoms with Gasteiger partial charge in [0, 0.05) is 24.1 Å². The standard InChI is InChI=1S/C12H19NO/c1-8(2)6-11-10-4-5-14-12(10)7-9(3)13-11/h4-5,8-9,11,13H,6-7H2,1-3H3. The van der Waals surface area contributed by atoms with Crippen LogP contribution in [0.15, 0.2) is 16.7 Å². The first-order valence-electron chi connectivity index (χ1n) is 5.49. The van der Waals surface area contributed by atoms with Gasteiger partial charge in [0.05, 0.1) is 6.26 Å². The van der Waals surface area contributed by atoms with E-state index in [4.69, 9.17) is 4.42 Å². The van der Waals surface area contributed by atoms with Crippen molar-refractivity contribution < 1.29 is 4.42 Å². The first-order chi connectivity index (χ1) is 6.66. The van der Waals surface area contributed by atoms with E-state index < -0.39 is 0 Å². The zero-order valence-corrected chi connectivity index (χ0v) is 9.21. The quantitative estimate of drug-likeness (QED) is 0.781. The van der Waals surface area contributed by atoms with Crippen LogP contribution >= 0.6 is 0 Å². The minimum atomic E-state index is 0.493. The minimum absolute atomic E-state index is 0.493. The molecular formula is C12H19NO. The van der Waals surface area contributed by atoms with Crippen molar-refractivity contribution in [3.8, 4) is 0 Å². The number of furan rings is 1. The molecule has 1 aromatic rings. The maximum atomic E-state index is 5.50. The van der Waals surface area contributed by atoms with E-state index in [1.165, 1.54) is 17.7 Å². The van der Waals surface area contributed by atoms with Gasteiger partial charge in [-0.3, -0.25) is 0 Å². The molecule has 2 rings (SSSR count). The Bertz CT molecular complexity index is 303. The molecular weight excluding hydrogens is 174 g/mol. The van der Waals surface area contributed by atoms with Crippen molar-refractivity contribution >= 4 is 0 Å². The molecule has 2 heteroatoms. The van der Waals surface area contributed by atoms with Crippen molar-refractivity contribution in [2.45, 2.75) is 45.7 Å². The monoisotopic (exact) mass is 193 g/mol. The molecule has 1 aliphatic rings. The molecule has 0 bridgehead atoms. The van der Waals surface area contributed by atoms with Gasteiger partial charge >= 0.3 is 0 Å². The third-order valence-corrected chi connectivity index (χ3v) is 2.84. The van der Waals surface area contributed by atoms with Gasteiger partial charge < -0.3 is 9.73 Å². The van der Waals surface area contributed by atoms with Gasteiger partial charge in [0.15, 0.2) is 0 Å². The number of nitrogens with one attached hydrogen (secondary N) is 1. The van der Waals surface area contributed by atoms with E-state index in [0.29, 0.717) is 12.1 Å². The Morgan fingerprint density at radius 3 is 3.07 bits per heavy atom. The normalized spacial score (nSPS) is 26.6. The second-order valence-electron chi connectivity index (χ2n) is 4.75. The van der Waals surface area contributed by atoms with Gasteiger partial charge in [-0.05, 0) is 25.3 Å². The smallest absolute Gasteiger partial charge is 0.110 e. The van der Waals surface area contributed by atoms with Crippen LogP contribution in [0.25, 0.3) is 0 Å². The molecule has 0 aromatic carbocycles. The summed E-state index contributed by atoms with van der Waals surface area (Å²) in [6.07, 6.45) is 4.03. The molecule has 2 heterocycles. The molecule has 2 atom stereocenters. The number of hydrogen-bond donors (Lipinski definition) is 1. The third-order valence-electron chi connectivity index (χ3n) is 2.84. The van der Waals surface area contributed by atoms with Crippen molar-refractivity contribution in [2.75, 3.05) is 0 Å². The highest BCUT2D eigenvalue weighted by atomic mass is 16.3. The largest absolute Gasteiger partial charge is 0.469 e. The summed E-state index contributed by atoms with van der Waals surface area (Å²) in [5.74, 6) is 1.91. The molecule has 2 nitrogen and oxygen atoms in total. The maximum Gasteiger partial charge on any atom is 0.110 e. The second kappa shape index (κ2) is 3.77. The van der Waals surface area contributed by atoms with Gasteiger partial charge in [0.1, 0.15) is 5.76 Å². The van der Waals surface area contributed by atoms with E-state index in [9.17, 15) is 0 Å². The average Bonchev–Trinajstić information content (AvgIpc) is 2.50. The zero-order chi connectivity index (χ0) is 10.1. The van der Waals surface area contributed by atoms with Gasteiger partial charge in [0.25, 0.3) is 0 Å². The van der Waals surface area contributed by atoms with Crippen LogP contribution in [-0.4, -0.2) is 6.04 Å². The SMILES string of the molecule is CC(C)CC1NC(C)Cc2occc21. The summed E-state index contributed by atoms with van der Waals surface area (Å²) in [4.78, 5) is 0. The van der Waals surface area contributed by atoms with E-state index in [2.05, 4.69) is 32.2 Å². The van der Waals surface area contributed by atoms with Crippen molar-refractivity contribution in [2.24, 2.45) is 5.92 Å². The Morgan fingerprint density at radius 1 is 1.57 bits per heavy atom. The topological polar surface area (TPSA) is 25.2 Å². The highest BCUT2D eigenvalue weighted by Gasteiger charge is 2.26. The molecule has 1 N–H and O–H groups in total. The molecule has 0 aliphatic carbocycles. The van der Waals surface area contributed by atoms with Crippen LogP contribution in [0.2, 0.25) is 0 Å². The van der Waals surface area contributed by atoms with Crippen molar-refractivity contribution in [1.82, 2.24) is 5.32 Å². The Balaban J connectivity index is 2.19. The van der Waals surface area contributed by atoms with E-state index in [-0.39, 0.29) is 0 Å². The summed E-state index contributed by atoms with van der Waals surface area (Å²) in [5, 5.41) is 3.63. The summed E-state index contributed by atoms with van der Waals surface area (Å²) < 4.78 is 5.50. The van der Waals surface area contributed by atoms with Crippen LogP contribution in [0.5, 0.6) is 0 Å². The fraction of sp³-hybridized carbons (Fsp3) is 0.667. The summed E-state index contributed by atoms with van der Waals surface area (Å²) in [6, 6.07) is 3.14. The molecule has 0 radical (unpaired) electrons. The Morgan fingerprint density at radius 2 is 2.36 bits per heavy atom. The van der Waals surface area contributed by atoms with Crippen LogP contribution in [0.1, 0.15) is 44.6 Å². The Labute approximate surface area is 85.7 Å². The lowest BCUT2D eigenvalue weighted by atomic mass is 9.91. The van der Waals surface area contributed by atoms with Crippen LogP contribution in [0, 0.1) is 5.92 Å². The predicted octanol–water partition coefficient (Wildman–Crippen LogP) is 2.90. The van der Waals surface area contributed by atoms with E-state index in [1.54, 1.807) is 0 Å². The van der Waals surface area contributed by atoms with Gasteiger partial charge in [-0.15, -0.1) is 0 Å². The number of hydrogen-bond acceptors (Lipinski definition) is 2. The van der Waals surface area contributed by atoms with Crippen LogP contribution in [0.4, 0.5) is 0 Å². The fourth-order valence-electron chi connectivity index (χ4n) is 2.26. The minimum Gasteiger partial charge on any atom is -0.469 e. The molecule has 1 aromatic heterocycles. The van der Waals surface area contributed by atoms with Gasteiger partial charge in [0.2, 0.25) is 0 Å². The van der Waals surface area contributed by atoms with Crippen LogP contribution in [0.3, 0.4) is 0 Å². The zero-order valence-electron chi connectivity index (χ0n) is 9.21. The molecule has 0 saturated carbocycles. The van der Waals surface area contributed by atoms with Gasteiger partial charge in [-0.25, -0.2) is 0 Å². The van der Waals surface area contributed by atoms with Gasteiger partial charge in [-0.1, -0.05) is 13.8 Å². The summed E-state index contributed by atoms with van der Waals surface area (Å²) in [5.41, 5.74) is 1.37. The van der Waals surface area contributed by atoms with E-state index in [1.807, 2.05) is 6.26 Å². The van der Waals surface area contributed by atoms with Crippen molar-refractivity contribution in [3.05, 3.63) is 23.7 Å². The first kappa shape index (κ1) is 9.78. The molecule has 2 unspecified atom stereocenters. The summed E-state index contributed by atoms with van der Waals surface area (Å²) in [7, 11) is 0. The molecule has 0 fully saturated rings. The molecule has 78 valence electrons. The number of fused-ring (bicyclic) bond motifs is 1. The Hall–Kier alpha value is -0.760. The lowest BCUT2D eigenvalue weighted by Crippen LogP contribution is -2.37. The highest BCUT2D eigenvalue weighted by Crippen LogP contribution is 2.30. The van der Waals surface area contributed by atoms with Gasteiger partial charge in [-0.2, -0.15) is 0 Å². The lowest BCUT2D eigenvalue weighted by Gasteiger charge is -2.29. The highest BCUT2D eigenvalue weighted by molar-refractivity contribution is 5.25. The molecule has 14 heavy (non-hydrogen) atoms. The average molecular weight is 193 g/mol.